The van der Waals surface area contributed by atoms with Gasteiger partial charge in [-0.1, -0.05) is 42.0 Å². The predicted molar refractivity (Wildman–Crippen MR) is 109 cm³/mol. The van der Waals surface area contributed by atoms with Gasteiger partial charge in [0.05, 0.1) is 13.2 Å². The second-order valence-corrected chi connectivity index (χ2v) is 6.55. The SMILES string of the molecule is CN=C(NCc1cccc(C)c1)NCC(c1cccc(OC)c1)N(C)C. The smallest absolute Gasteiger partial charge is 0.191 e. The summed E-state index contributed by atoms with van der Waals surface area (Å²) in [4.78, 5) is 6.53. The highest BCUT2D eigenvalue weighted by Crippen LogP contribution is 2.22. The molecule has 0 aliphatic heterocycles. The van der Waals surface area contributed by atoms with Crippen molar-refractivity contribution in [2.75, 3.05) is 34.8 Å². The van der Waals surface area contributed by atoms with E-state index in [2.05, 4.69) is 77.9 Å². The second kappa shape index (κ2) is 9.82. The van der Waals surface area contributed by atoms with Crippen LogP contribution < -0.4 is 15.4 Å². The van der Waals surface area contributed by atoms with Crippen LogP contribution in [-0.4, -0.2) is 45.7 Å². The molecule has 1 unspecified atom stereocenters. The number of guanidine groups is 1. The van der Waals surface area contributed by atoms with Gasteiger partial charge >= 0.3 is 0 Å². The number of nitrogens with one attached hydrogen (secondary N) is 2. The lowest BCUT2D eigenvalue weighted by Gasteiger charge is -2.26. The zero-order valence-electron chi connectivity index (χ0n) is 16.4. The van der Waals surface area contributed by atoms with Gasteiger partial charge in [0.25, 0.3) is 0 Å². The Morgan fingerprint density at radius 1 is 1.12 bits per heavy atom. The lowest BCUT2D eigenvalue weighted by Crippen LogP contribution is -2.41. The van der Waals surface area contributed by atoms with Crippen molar-refractivity contribution in [1.82, 2.24) is 15.5 Å². The monoisotopic (exact) mass is 354 g/mol. The van der Waals surface area contributed by atoms with E-state index in [1.165, 1.54) is 16.7 Å². The molecule has 5 heteroatoms. The van der Waals surface area contributed by atoms with Crippen LogP contribution in [0.15, 0.2) is 53.5 Å². The van der Waals surface area contributed by atoms with Gasteiger partial charge in [-0.25, -0.2) is 0 Å². The number of hydrogen-bond acceptors (Lipinski definition) is 3. The van der Waals surface area contributed by atoms with Gasteiger partial charge in [-0.2, -0.15) is 0 Å². The van der Waals surface area contributed by atoms with Crippen molar-refractivity contribution in [3.8, 4) is 5.75 Å². The molecule has 0 aliphatic rings. The fourth-order valence-electron chi connectivity index (χ4n) is 2.87. The summed E-state index contributed by atoms with van der Waals surface area (Å²) in [7, 11) is 7.64. The number of benzene rings is 2. The standard InChI is InChI=1S/C21H30N4O/c1-16-8-6-9-17(12-16)14-23-21(22-2)24-15-20(25(3)4)18-10-7-11-19(13-18)26-5/h6-13,20H,14-15H2,1-5H3,(H2,22,23,24). The van der Waals surface area contributed by atoms with E-state index in [4.69, 9.17) is 4.74 Å². The molecule has 2 aromatic carbocycles. The minimum atomic E-state index is 0.211. The zero-order chi connectivity index (χ0) is 18.9. The van der Waals surface area contributed by atoms with Gasteiger partial charge in [-0.15, -0.1) is 0 Å². The first-order chi connectivity index (χ1) is 12.5. The Labute approximate surface area is 157 Å². The van der Waals surface area contributed by atoms with E-state index in [0.29, 0.717) is 0 Å². The Kier molecular flexibility index (Phi) is 7.48. The third-order valence-electron chi connectivity index (χ3n) is 4.33. The van der Waals surface area contributed by atoms with Gasteiger partial charge in [0.1, 0.15) is 5.75 Å². The summed E-state index contributed by atoms with van der Waals surface area (Å²) in [5.74, 6) is 1.66. The van der Waals surface area contributed by atoms with Gasteiger partial charge in [-0.05, 0) is 44.3 Å². The molecule has 0 fully saturated rings. The molecule has 5 nitrogen and oxygen atoms in total. The molecule has 1 atom stereocenters. The molecule has 0 bridgehead atoms. The van der Waals surface area contributed by atoms with E-state index in [1.807, 2.05) is 12.1 Å². The summed E-state index contributed by atoms with van der Waals surface area (Å²) >= 11 is 0. The number of methoxy groups -OCH3 is 1. The number of likely N-dealkylation sites (N-methyl/N-ethyl adjacent to an activating group) is 1. The Hall–Kier alpha value is -2.53. The summed E-state index contributed by atoms with van der Waals surface area (Å²) in [5, 5.41) is 6.80. The number of hydrogen-bond donors (Lipinski definition) is 2. The van der Waals surface area contributed by atoms with E-state index in [9.17, 15) is 0 Å². The molecule has 0 aromatic heterocycles. The van der Waals surface area contributed by atoms with Crippen LogP contribution in [0, 0.1) is 6.92 Å². The van der Waals surface area contributed by atoms with Crippen molar-refractivity contribution in [3.63, 3.8) is 0 Å². The molecule has 0 spiro atoms. The van der Waals surface area contributed by atoms with Crippen LogP contribution in [0.2, 0.25) is 0 Å². The van der Waals surface area contributed by atoms with Crippen molar-refractivity contribution < 1.29 is 4.74 Å². The molecule has 2 rings (SSSR count). The minimum Gasteiger partial charge on any atom is -0.497 e. The van der Waals surface area contributed by atoms with Gasteiger partial charge in [0, 0.05) is 20.1 Å². The number of ether oxygens (including phenoxy) is 1. The van der Waals surface area contributed by atoms with Crippen molar-refractivity contribution in [2.45, 2.75) is 19.5 Å². The van der Waals surface area contributed by atoms with Gasteiger partial charge in [-0.3, -0.25) is 4.99 Å². The highest BCUT2D eigenvalue weighted by Gasteiger charge is 2.15. The fraction of sp³-hybridized carbons (Fsp3) is 0.381. The molecular weight excluding hydrogens is 324 g/mol. The lowest BCUT2D eigenvalue weighted by atomic mass is 10.1. The van der Waals surface area contributed by atoms with Crippen LogP contribution in [0.5, 0.6) is 5.75 Å². The van der Waals surface area contributed by atoms with Crippen LogP contribution in [0.1, 0.15) is 22.7 Å². The van der Waals surface area contributed by atoms with Crippen LogP contribution in [0.4, 0.5) is 0 Å². The summed E-state index contributed by atoms with van der Waals surface area (Å²) in [6.07, 6.45) is 0. The van der Waals surface area contributed by atoms with Crippen molar-refractivity contribution in [1.29, 1.82) is 0 Å². The lowest BCUT2D eigenvalue weighted by molar-refractivity contribution is 0.297. The first-order valence-corrected chi connectivity index (χ1v) is 8.84. The molecule has 0 heterocycles. The molecule has 0 saturated carbocycles. The van der Waals surface area contributed by atoms with Crippen molar-refractivity contribution in [3.05, 3.63) is 65.2 Å². The van der Waals surface area contributed by atoms with E-state index in [1.54, 1.807) is 14.2 Å². The molecule has 0 radical (unpaired) electrons. The highest BCUT2D eigenvalue weighted by atomic mass is 16.5. The number of nitrogens with zero attached hydrogens (tertiary/aromatic N) is 2. The summed E-state index contributed by atoms with van der Waals surface area (Å²) < 4.78 is 5.35. The van der Waals surface area contributed by atoms with Gasteiger partial charge in [0.15, 0.2) is 5.96 Å². The zero-order valence-corrected chi connectivity index (χ0v) is 16.4. The maximum atomic E-state index is 5.35. The Morgan fingerprint density at radius 2 is 1.88 bits per heavy atom. The summed E-state index contributed by atoms with van der Waals surface area (Å²) in [6.45, 7) is 3.59. The van der Waals surface area contributed by atoms with Crippen LogP contribution in [-0.2, 0) is 6.54 Å². The molecular formula is C21H30N4O. The third kappa shape index (κ3) is 5.77. The molecule has 2 N–H and O–H groups in total. The van der Waals surface area contributed by atoms with Gasteiger partial charge in [0.2, 0.25) is 0 Å². The molecule has 0 amide bonds. The number of rotatable bonds is 7. The van der Waals surface area contributed by atoms with E-state index < -0.39 is 0 Å². The number of aliphatic imine (C=N–C) groups is 1. The second-order valence-electron chi connectivity index (χ2n) is 6.55. The maximum Gasteiger partial charge on any atom is 0.191 e. The Bertz CT molecular complexity index is 727. The Balaban J connectivity index is 1.97. The molecule has 0 saturated heterocycles. The van der Waals surface area contributed by atoms with E-state index in [-0.39, 0.29) is 6.04 Å². The molecule has 26 heavy (non-hydrogen) atoms. The fourth-order valence-corrected chi connectivity index (χ4v) is 2.87. The van der Waals surface area contributed by atoms with E-state index >= 15 is 0 Å². The highest BCUT2D eigenvalue weighted by molar-refractivity contribution is 5.79. The average Bonchev–Trinajstić information content (AvgIpc) is 2.64. The van der Waals surface area contributed by atoms with Crippen molar-refractivity contribution >= 4 is 5.96 Å². The topological polar surface area (TPSA) is 48.9 Å². The summed E-state index contributed by atoms with van der Waals surface area (Å²) in [6, 6.07) is 16.9. The van der Waals surface area contributed by atoms with Crippen LogP contribution in [0.25, 0.3) is 0 Å². The third-order valence-corrected chi connectivity index (χ3v) is 4.33. The van der Waals surface area contributed by atoms with Gasteiger partial charge < -0.3 is 20.3 Å². The van der Waals surface area contributed by atoms with Crippen molar-refractivity contribution in [2.24, 2.45) is 4.99 Å². The van der Waals surface area contributed by atoms with Crippen LogP contribution >= 0.6 is 0 Å². The Morgan fingerprint density at radius 3 is 2.54 bits per heavy atom. The first-order valence-electron chi connectivity index (χ1n) is 8.84. The predicted octanol–water partition coefficient (Wildman–Crippen LogP) is 2.97. The largest absolute Gasteiger partial charge is 0.497 e. The molecule has 0 aliphatic carbocycles. The quantitative estimate of drug-likeness (QED) is 0.593. The summed E-state index contributed by atoms with van der Waals surface area (Å²) in [5.41, 5.74) is 3.71. The normalized spacial score (nSPS) is 12.8. The molecule has 140 valence electrons. The maximum absolute atomic E-state index is 5.35. The minimum absolute atomic E-state index is 0.211. The van der Waals surface area contributed by atoms with E-state index in [0.717, 1.165) is 24.8 Å². The first kappa shape index (κ1) is 19.8. The van der Waals surface area contributed by atoms with Crippen LogP contribution in [0.3, 0.4) is 0 Å². The average molecular weight is 354 g/mol. The molecule has 2 aromatic rings. The number of aryl methyl sites for hydroxylation is 1.